The molecule has 0 saturated carbocycles. The average molecular weight is 538 g/mol. The summed E-state index contributed by atoms with van der Waals surface area (Å²) in [6.45, 7) is 0. The van der Waals surface area contributed by atoms with Crippen molar-refractivity contribution < 1.29 is 4.42 Å². The maximum atomic E-state index is 6.33. The molecule has 0 amide bonds. The van der Waals surface area contributed by atoms with Crippen LogP contribution < -0.4 is 4.90 Å². The number of furan rings is 1. The van der Waals surface area contributed by atoms with Crippen molar-refractivity contribution in [3.8, 4) is 22.3 Å². The Bertz CT molecular complexity index is 2180. The second-order valence-electron chi connectivity index (χ2n) is 10.6. The van der Waals surface area contributed by atoms with Crippen LogP contribution >= 0.6 is 0 Å². The lowest BCUT2D eigenvalue weighted by Gasteiger charge is -2.27. The molecule has 0 saturated heterocycles. The molecule has 0 fully saturated rings. The Morgan fingerprint density at radius 1 is 0.357 bits per heavy atom. The lowest BCUT2D eigenvalue weighted by atomic mass is 9.96. The lowest BCUT2D eigenvalue weighted by molar-refractivity contribution is 0.669. The van der Waals surface area contributed by atoms with Crippen molar-refractivity contribution >= 4 is 49.8 Å². The van der Waals surface area contributed by atoms with Gasteiger partial charge in [0.2, 0.25) is 0 Å². The van der Waals surface area contributed by atoms with E-state index in [1.54, 1.807) is 0 Å². The van der Waals surface area contributed by atoms with Gasteiger partial charge < -0.3 is 9.32 Å². The number of hydrogen-bond donors (Lipinski definition) is 0. The van der Waals surface area contributed by atoms with E-state index in [9.17, 15) is 0 Å². The van der Waals surface area contributed by atoms with Crippen molar-refractivity contribution in [3.05, 3.63) is 164 Å². The zero-order chi connectivity index (χ0) is 27.9. The third-order valence-electron chi connectivity index (χ3n) is 8.08. The first kappa shape index (κ1) is 24.2. The topological polar surface area (TPSA) is 16.4 Å². The quantitative estimate of drug-likeness (QED) is 0.217. The summed E-state index contributed by atoms with van der Waals surface area (Å²) < 4.78 is 6.33. The van der Waals surface area contributed by atoms with Crippen LogP contribution in [0.1, 0.15) is 0 Å². The zero-order valence-electron chi connectivity index (χ0n) is 22.9. The molecule has 8 rings (SSSR count). The van der Waals surface area contributed by atoms with Gasteiger partial charge in [0, 0.05) is 33.6 Å². The molecule has 2 nitrogen and oxygen atoms in total. The summed E-state index contributed by atoms with van der Waals surface area (Å²) in [7, 11) is 0. The van der Waals surface area contributed by atoms with Crippen LogP contribution in [0.3, 0.4) is 0 Å². The van der Waals surface area contributed by atoms with E-state index >= 15 is 0 Å². The fraction of sp³-hybridized carbons (Fsp3) is 0. The summed E-state index contributed by atoms with van der Waals surface area (Å²) in [6.07, 6.45) is 0. The van der Waals surface area contributed by atoms with Crippen molar-refractivity contribution in [3.63, 3.8) is 0 Å². The fourth-order valence-corrected chi connectivity index (χ4v) is 6.06. The second-order valence-corrected chi connectivity index (χ2v) is 10.6. The fourth-order valence-electron chi connectivity index (χ4n) is 6.06. The standard InChI is InChI=1S/C40H27NO/c1-3-11-28(12-4-1)29-19-21-31(22-20-29)41(32-23-24-37-36-17-9-10-18-39(36)42-40(37)27-32)38-26-25-33(30-13-5-2-6-14-30)34-15-7-8-16-35(34)38/h1-27H. The number of para-hydroxylation sites is 1. The Kier molecular flexibility index (Phi) is 5.82. The molecule has 8 aromatic rings. The van der Waals surface area contributed by atoms with E-state index in [0.717, 1.165) is 39.0 Å². The minimum absolute atomic E-state index is 0.879. The van der Waals surface area contributed by atoms with Gasteiger partial charge >= 0.3 is 0 Å². The van der Waals surface area contributed by atoms with Crippen LogP contribution in [0.25, 0.3) is 55.0 Å². The van der Waals surface area contributed by atoms with E-state index in [0.29, 0.717) is 0 Å². The van der Waals surface area contributed by atoms with Crippen LogP contribution in [0.2, 0.25) is 0 Å². The van der Waals surface area contributed by atoms with E-state index in [2.05, 4.69) is 157 Å². The highest BCUT2D eigenvalue weighted by Crippen LogP contribution is 2.43. The summed E-state index contributed by atoms with van der Waals surface area (Å²) in [4.78, 5) is 2.35. The second kappa shape index (κ2) is 10.1. The molecule has 0 atom stereocenters. The molecule has 0 radical (unpaired) electrons. The first-order chi connectivity index (χ1) is 20.8. The van der Waals surface area contributed by atoms with Gasteiger partial charge in [0.05, 0.1) is 5.69 Å². The molecule has 2 heteroatoms. The first-order valence-electron chi connectivity index (χ1n) is 14.3. The summed E-state index contributed by atoms with van der Waals surface area (Å²) in [6, 6.07) is 58.0. The molecular formula is C40H27NO. The number of rotatable bonds is 5. The number of nitrogens with zero attached hydrogens (tertiary/aromatic N) is 1. The van der Waals surface area contributed by atoms with E-state index in [1.165, 1.54) is 33.0 Å². The van der Waals surface area contributed by atoms with Crippen molar-refractivity contribution in [1.82, 2.24) is 0 Å². The van der Waals surface area contributed by atoms with Gasteiger partial charge in [-0.25, -0.2) is 0 Å². The SMILES string of the molecule is c1ccc(-c2ccc(N(c3ccc4c(c3)oc3ccccc34)c3ccc(-c4ccccc4)c4ccccc34)cc2)cc1. The number of anilines is 3. The van der Waals surface area contributed by atoms with Crippen LogP contribution in [-0.4, -0.2) is 0 Å². The van der Waals surface area contributed by atoms with Crippen LogP contribution in [0.5, 0.6) is 0 Å². The van der Waals surface area contributed by atoms with E-state index in [-0.39, 0.29) is 0 Å². The summed E-state index contributed by atoms with van der Waals surface area (Å²) in [5.41, 5.74) is 9.87. The molecule has 1 aromatic heterocycles. The van der Waals surface area contributed by atoms with Crippen LogP contribution in [0.4, 0.5) is 17.1 Å². The molecule has 0 aliphatic heterocycles. The highest BCUT2D eigenvalue weighted by Gasteiger charge is 2.19. The van der Waals surface area contributed by atoms with E-state index in [4.69, 9.17) is 4.42 Å². The number of fused-ring (bicyclic) bond motifs is 4. The minimum Gasteiger partial charge on any atom is -0.456 e. The van der Waals surface area contributed by atoms with Gasteiger partial charge in [-0.3, -0.25) is 0 Å². The Hall–Kier alpha value is -5.60. The Morgan fingerprint density at radius 3 is 1.69 bits per heavy atom. The predicted octanol–water partition coefficient (Wildman–Crippen LogP) is 11.5. The molecule has 0 bridgehead atoms. The monoisotopic (exact) mass is 537 g/mol. The molecule has 7 aromatic carbocycles. The molecular weight excluding hydrogens is 510 g/mol. The normalized spacial score (nSPS) is 11.3. The van der Waals surface area contributed by atoms with Gasteiger partial charge in [-0.05, 0) is 64.0 Å². The highest BCUT2D eigenvalue weighted by molar-refractivity contribution is 6.08. The minimum atomic E-state index is 0.879. The van der Waals surface area contributed by atoms with E-state index in [1.807, 2.05) is 12.1 Å². The maximum absolute atomic E-state index is 6.33. The predicted molar refractivity (Wildman–Crippen MR) is 177 cm³/mol. The van der Waals surface area contributed by atoms with Gasteiger partial charge in [-0.15, -0.1) is 0 Å². The molecule has 1 heterocycles. The third-order valence-corrected chi connectivity index (χ3v) is 8.08. The van der Waals surface area contributed by atoms with Crippen molar-refractivity contribution in [1.29, 1.82) is 0 Å². The molecule has 0 unspecified atom stereocenters. The Balaban J connectivity index is 1.34. The van der Waals surface area contributed by atoms with Gasteiger partial charge in [-0.1, -0.05) is 121 Å². The van der Waals surface area contributed by atoms with Crippen LogP contribution in [0.15, 0.2) is 168 Å². The molecule has 0 aliphatic carbocycles. The maximum Gasteiger partial charge on any atom is 0.137 e. The average Bonchev–Trinajstić information content (AvgIpc) is 3.44. The first-order valence-corrected chi connectivity index (χ1v) is 14.3. The van der Waals surface area contributed by atoms with E-state index < -0.39 is 0 Å². The van der Waals surface area contributed by atoms with Gasteiger partial charge in [0.25, 0.3) is 0 Å². The largest absolute Gasteiger partial charge is 0.456 e. The van der Waals surface area contributed by atoms with Crippen LogP contribution in [-0.2, 0) is 0 Å². The Labute approximate surface area is 244 Å². The van der Waals surface area contributed by atoms with Crippen molar-refractivity contribution in [2.24, 2.45) is 0 Å². The smallest absolute Gasteiger partial charge is 0.137 e. The molecule has 42 heavy (non-hydrogen) atoms. The Morgan fingerprint density at radius 2 is 0.929 bits per heavy atom. The molecule has 0 N–H and O–H groups in total. The van der Waals surface area contributed by atoms with Crippen LogP contribution in [0, 0.1) is 0 Å². The van der Waals surface area contributed by atoms with Gasteiger partial charge in [0.15, 0.2) is 0 Å². The highest BCUT2D eigenvalue weighted by atomic mass is 16.3. The van der Waals surface area contributed by atoms with Gasteiger partial charge in [0.1, 0.15) is 11.2 Å². The number of hydrogen-bond acceptors (Lipinski definition) is 2. The summed E-state index contributed by atoms with van der Waals surface area (Å²) in [5, 5.41) is 4.67. The van der Waals surface area contributed by atoms with Gasteiger partial charge in [-0.2, -0.15) is 0 Å². The molecule has 0 aliphatic rings. The lowest BCUT2D eigenvalue weighted by Crippen LogP contribution is -2.10. The summed E-state index contributed by atoms with van der Waals surface area (Å²) >= 11 is 0. The molecule has 198 valence electrons. The zero-order valence-corrected chi connectivity index (χ0v) is 22.9. The third kappa shape index (κ3) is 4.13. The molecule has 0 spiro atoms. The van der Waals surface area contributed by atoms with Crippen molar-refractivity contribution in [2.45, 2.75) is 0 Å². The number of benzene rings is 7. The van der Waals surface area contributed by atoms with Crippen molar-refractivity contribution in [2.75, 3.05) is 4.90 Å². The summed E-state index contributed by atoms with van der Waals surface area (Å²) in [5.74, 6) is 0.